The van der Waals surface area contributed by atoms with Gasteiger partial charge in [-0.1, -0.05) is 59.3 Å². The van der Waals surface area contributed by atoms with Gasteiger partial charge in [-0.3, -0.25) is 0 Å². The Kier molecular flexibility index (Phi) is 6.47. The number of allylic oxidation sites excluding steroid dienone is 3. The van der Waals surface area contributed by atoms with E-state index in [4.69, 9.17) is 5.11 Å². The van der Waals surface area contributed by atoms with Gasteiger partial charge in [-0.05, 0) is 91.8 Å². The Balaban J connectivity index is 1.62. The highest BCUT2D eigenvalue weighted by molar-refractivity contribution is 5.85. The lowest BCUT2D eigenvalue weighted by Gasteiger charge is -2.69. The van der Waals surface area contributed by atoms with E-state index in [-0.39, 0.29) is 21.7 Å². The van der Waals surface area contributed by atoms with Crippen molar-refractivity contribution in [2.24, 2.45) is 45.3 Å². The zero-order valence-electron chi connectivity index (χ0n) is 22.5. The highest BCUT2D eigenvalue weighted by atomic mass is 16.4. The van der Waals surface area contributed by atoms with Crippen LogP contribution in [-0.4, -0.2) is 33.5 Å². The summed E-state index contributed by atoms with van der Waals surface area (Å²) in [6, 6.07) is 0. The Morgan fingerprint density at radius 1 is 1.09 bits per heavy atom. The predicted octanol–water partition coefficient (Wildman–Crippen LogP) is 6.37. The van der Waals surface area contributed by atoms with Gasteiger partial charge in [-0.2, -0.15) is 0 Å². The fourth-order valence-corrected chi connectivity index (χ4v) is 9.50. The number of carboxylic acid groups (broad SMARTS) is 1. The second kappa shape index (κ2) is 8.47. The number of carboxylic acids is 1. The van der Waals surface area contributed by atoms with Crippen LogP contribution < -0.4 is 0 Å². The Morgan fingerprint density at radius 3 is 2.41 bits per heavy atom. The third-order valence-corrected chi connectivity index (χ3v) is 12.1. The average Bonchev–Trinajstić information content (AvgIpc) is 3.11. The van der Waals surface area contributed by atoms with Gasteiger partial charge in [-0.25, -0.2) is 4.79 Å². The molecule has 0 aromatic carbocycles. The fourth-order valence-electron chi connectivity index (χ4n) is 9.50. The molecule has 4 nitrogen and oxygen atoms in total. The standard InChI is InChI=1S/C30H48O4/c1-18(9-8-10-19(2)26(33)34)20-13-15-28(5)21(20)11-12-23-29(28,6)16-14-22-27(3,4)24(31)17-25(32)30(22,23)7/h10-11,18,20,22-25,31-32H,8-9,12-17H2,1-7H3,(H,33,34)/b19-10+/t18-,20-,22-,23-,24-,25+,28+,29+,30+/m0/s1. The van der Waals surface area contributed by atoms with Gasteiger partial charge in [-0.15, -0.1) is 0 Å². The minimum Gasteiger partial charge on any atom is -0.478 e. The minimum absolute atomic E-state index is 0.148. The molecule has 3 saturated carbocycles. The Labute approximate surface area is 206 Å². The van der Waals surface area contributed by atoms with Crippen LogP contribution in [0, 0.1) is 45.3 Å². The third-order valence-electron chi connectivity index (χ3n) is 12.1. The number of hydrogen-bond donors (Lipinski definition) is 3. The van der Waals surface area contributed by atoms with Gasteiger partial charge in [0.05, 0.1) is 12.2 Å². The summed E-state index contributed by atoms with van der Waals surface area (Å²) in [5.74, 6) is 1.04. The Hall–Kier alpha value is -1.13. The predicted molar refractivity (Wildman–Crippen MR) is 136 cm³/mol. The van der Waals surface area contributed by atoms with E-state index in [2.05, 4.69) is 47.6 Å². The molecule has 0 amide bonds. The largest absolute Gasteiger partial charge is 0.478 e. The molecular formula is C30H48O4. The van der Waals surface area contributed by atoms with Gasteiger partial charge >= 0.3 is 5.97 Å². The lowest BCUT2D eigenvalue weighted by molar-refractivity contribution is -0.237. The molecule has 4 aliphatic carbocycles. The van der Waals surface area contributed by atoms with E-state index in [1.807, 2.05) is 6.08 Å². The third kappa shape index (κ3) is 3.49. The van der Waals surface area contributed by atoms with E-state index in [0.717, 1.165) is 32.1 Å². The van der Waals surface area contributed by atoms with E-state index in [9.17, 15) is 15.0 Å². The maximum atomic E-state index is 11.4. The molecule has 4 aliphatic rings. The highest BCUT2D eigenvalue weighted by Gasteiger charge is 2.69. The summed E-state index contributed by atoms with van der Waals surface area (Å²) in [5, 5.41) is 31.4. The summed E-state index contributed by atoms with van der Waals surface area (Å²) in [6.07, 6.45) is 11.5. The van der Waals surface area contributed by atoms with Crippen LogP contribution in [0.25, 0.3) is 0 Å². The monoisotopic (exact) mass is 472 g/mol. The number of carbonyl (C=O) groups is 1. The summed E-state index contributed by atoms with van der Waals surface area (Å²) in [6.45, 7) is 15.8. The van der Waals surface area contributed by atoms with Crippen LogP contribution in [0.2, 0.25) is 0 Å². The molecule has 3 N–H and O–H groups in total. The summed E-state index contributed by atoms with van der Waals surface area (Å²) in [5.41, 5.74) is 2.04. The molecule has 0 radical (unpaired) electrons. The van der Waals surface area contributed by atoms with E-state index in [1.54, 1.807) is 12.5 Å². The Bertz CT molecular complexity index is 886. The van der Waals surface area contributed by atoms with Gasteiger partial charge in [0.1, 0.15) is 0 Å². The molecule has 34 heavy (non-hydrogen) atoms. The Morgan fingerprint density at radius 2 is 1.76 bits per heavy atom. The molecule has 0 aromatic heterocycles. The first-order valence-electron chi connectivity index (χ1n) is 13.7. The van der Waals surface area contributed by atoms with Crippen molar-refractivity contribution in [3.05, 3.63) is 23.3 Å². The molecule has 4 rings (SSSR count). The second-order valence-electron chi connectivity index (χ2n) is 13.6. The summed E-state index contributed by atoms with van der Waals surface area (Å²) in [7, 11) is 0. The zero-order valence-corrected chi connectivity index (χ0v) is 22.5. The van der Waals surface area contributed by atoms with Crippen molar-refractivity contribution in [3.8, 4) is 0 Å². The summed E-state index contributed by atoms with van der Waals surface area (Å²) < 4.78 is 0. The number of aliphatic hydroxyl groups is 2. The van der Waals surface area contributed by atoms with E-state index in [1.165, 1.54) is 12.8 Å². The SMILES string of the molecule is C/C(=C\CC[C@H](C)[C@@H]1CC[C@]2(C)C1=CC[C@@H]1[C@]3(C)[C@H](O)C[C@H](O)C(C)(C)[C@@H]3CC[C@]12C)C(=O)O. The number of aliphatic hydroxyl groups excluding tert-OH is 2. The molecule has 0 saturated heterocycles. The first-order chi connectivity index (χ1) is 15.7. The number of hydrogen-bond acceptors (Lipinski definition) is 3. The van der Waals surface area contributed by atoms with Crippen LogP contribution in [-0.2, 0) is 4.79 Å². The highest BCUT2D eigenvalue weighted by Crippen LogP contribution is 2.74. The van der Waals surface area contributed by atoms with Gasteiger partial charge in [0, 0.05) is 17.4 Å². The smallest absolute Gasteiger partial charge is 0.330 e. The molecule has 0 bridgehead atoms. The van der Waals surface area contributed by atoms with Crippen molar-refractivity contribution < 1.29 is 20.1 Å². The molecule has 0 unspecified atom stereocenters. The lowest BCUT2D eigenvalue weighted by atomic mass is 9.36. The number of fused-ring (bicyclic) bond motifs is 5. The molecule has 0 spiro atoms. The second-order valence-corrected chi connectivity index (χ2v) is 13.6. The van der Waals surface area contributed by atoms with E-state index in [0.29, 0.717) is 35.7 Å². The van der Waals surface area contributed by atoms with Crippen LogP contribution in [0.5, 0.6) is 0 Å². The summed E-state index contributed by atoms with van der Waals surface area (Å²) >= 11 is 0. The molecule has 4 heteroatoms. The van der Waals surface area contributed by atoms with Crippen LogP contribution in [0.3, 0.4) is 0 Å². The van der Waals surface area contributed by atoms with Crippen LogP contribution >= 0.6 is 0 Å². The van der Waals surface area contributed by atoms with Gasteiger partial charge in [0.15, 0.2) is 0 Å². The molecule has 3 fully saturated rings. The van der Waals surface area contributed by atoms with Crippen LogP contribution in [0.15, 0.2) is 23.3 Å². The van der Waals surface area contributed by atoms with E-state index >= 15 is 0 Å². The fraction of sp³-hybridized carbons (Fsp3) is 0.833. The zero-order chi connectivity index (χ0) is 25.3. The van der Waals surface area contributed by atoms with Crippen LogP contribution in [0.1, 0.15) is 99.8 Å². The lowest BCUT2D eigenvalue weighted by Crippen LogP contribution is -2.66. The van der Waals surface area contributed by atoms with Gasteiger partial charge in [0.25, 0.3) is 0 Å². The van der Waals surface area contributed by atoms with Crippen LogP contribution in [0.4, 0.5) is 0 Å². The van der Waals surface area contributed by atoms with E-state index < -0.39 is 18.2 Å². The molecule has 192 valence electrons. The maximum Gasteiger partial charge on any atom is 0.330 e. The molecule has 0 aliphatic heterocycles. The minimum atomic E-state index is -0.820. The van der Waals surface area contributed by atoms with Crippen molar-refractivity contribution in [2.45, 2.75) is 112 Å². The first kappa shape index (κ1) is 25.9. The average molecular weight is 473 g/mol. The quantitative estimate of drug-likeness (QED) is 0.321. The first-order valence-corrected chi connectivity index (χ1v) is 13.7. The molecule has 9 atom stereocenters. The normalized spacial score (nSPS) is 46.7. The molecular weight excluding hydrogens is 424 g/mol. The van der Waals surface area contributed by atoms with Crippen molar-refractivity contribution in [1.82, 2.24) is 0 Å². The van der Waals surface area contributed by atoms with Crippen molar-refractivity contribution in [3.63, 3.8) is 0 Å². The molecule has 0 heterocycles. The van der Waals surface area contributed by atoms with Crippen molar-refractivity contribution in [1.29, 1.82) is 0 Å². The number of aliphatic carboxylic acids is 1. The summed E-state index contributed by atoms with van der Waals surface area (Å²) in [4.78, 5) is 11.1. The maximum absolute atomic E-state index is 11.4. The van der Waals surface area contributed by atoms with Gasteiger partial charge in [0.2, 0.25) is 0 Å². The topological polar surface area (TPSA) is 77.8 Å². The number of rotatable bonds is 5. The van der Waals surface area contributed by atoms with Crippen molar-refractivity contribution >= 4 is 5.97 Å². The molecule has 0 aromatic rings. The van der Waals surface area contributed by atoms with Crippen molar-refractivity contribution in [2.75, 3.05) is 0 Å². The van der Waals surface area contributed by atoms with Gasteiger partial charge < -0.3 is 15.3 Å².